The minimum atomic E-state index is 0.457. The Morgan fingerprint density at radius 3 is 2.73 bits per heavy atom. The number of unbranched alkanes of at least 4 members (excludes halogenated alkanes) is 2. The van der Waals surface area contributed by atoms with Crippen molar-refractivity contribution in [2.75, 3.05) is 20.3 Å². The first-order valence-electron chi connectivity index (χ1n) is 5.74. The Morgan fingerprint density at radius 2 is 2.13 bits per heavy atom. The summed E-state index contributed by atoms with van der Waals surface area (Å²) in [5.74, 6) is 0. The fourth-order valence-corrected chi connectivity index (χ4v) is 1.62. The summed E-state index contributed by atoms with van der Waals surface area (Å²) in [6, 6.07) is 0.457. The molecule has 0 fully saturated rings. The average Bonchev–Trinajstić information content (AvgIpc) is 2.18. The average molecular weight is 232 g/mol. The predicted octanol–water partition coefficient (Wildman–Crippen LogP) is 2.07. The van der Waals surface area contributed by atoms with Crippen molar-refractivity contribution in [3.63, 3.8) is 0 Å². The van der Waals surface area contributed by atoms with E-state index in [0.29, 0.717) is 12.6 Å². The highest BCUT2D eigenvalue weighted by Crippen LogP contribution is 2.02. The number of hydrogen-bond donors (Lipinski definition) is 2. The standard InChI is InChI=1S/C11H24N2OS/c1-4-5-6-7-10(2)13-11(15)12-8-9-14-3/h10H,4-9H2,1-3H3,(H2,12,13,15). The van der Waals surface area contributed by atoms with E-state index in [1.807, 2.05) is 0 Å². The number of ether oxygens (including phenoxy) is 1. The van der Waals surface area contributed by atoms with Crippen LogP contribution in [0.25, 0.3) is 0 Å². The number of rotatable bonds is 8. The highest BCUT2D eigenvalue weighted by Gasteiger charge is 2.02. The van der Waals surface area contributed by atoms with Gasteiger partial charge in [-0.15, -0.1) is 0 Å². The first kappa shape index (κ1) is 14.6. The maximum atomic E-state index is 5.14. The molecule has 90 valence electrons. The molecule has 0 aliphatic heterocycles. The van der Waals surface area contributed by atoms with Crippen molar-refractivity contribution >= 4 is 17.3 Å². The quantitative estimate of drug-likeness (QED) is 0.496. The van der Waals surface area contributed by atoms with Crippen molar-refractivity contribution in [2.45, 2.75) is 45.6 Å². The molecule has 0 radical (unpaired) electrons. The number of nitrogens with one attached hydrogen (secondary N) is 2. The summed E-state index contributed by atoms with van der Waals surface area (Å²) < 4.78 is 4.93. The van der Waals surface area contributed by atoms with Crippen LogP contribution in [0.15, 0.2) is 0 Å². The van der Waals surface area contributed by atoms with Gasteiger partial charge in [-0.05, 0) is 25.6 Å². The van der Waals surface area contributed by atoms with E-state index in [1.54, 1.807) is 7.11 Å². The van der Waals surface area contributed by atoms with E-state index in [0.717, 1.165) is 11.7 Å². The molecule has 0 aliphatic carbocycles. The summed E-state index contributed by atoms with van der Waals surface area (Å²) in [6.07, 6.45) is 5.02. The molecule has 0 saturated heterocycles. The first-order chi connectivity index (χ1) is 7.20. The van der Waals surface area contributed by atoms with Crippen molar-refractivity contribution < 1.29 is 4.74 Å². The molecule has 1 atom stereocenters. The summed E-state index contributed by atoms with van der Waals surface area (Å²) in [5.41, 5.74) is 0. The summed E-state index contributed by atoms with van der Waals surface area (Å²) >= 11 is 5.14. The van der Waals surface area contributed by atoms with Gasteiger partial charge in [-0.1, -0.05) is 26.2 Å². The van der Waals surface area contributed by atoms with Gasteiger partial charge in [-0.3, -0.25) is 0 Å². The van der Waals surface area contributed by atoms with E-state index in [1.165, 1.54) is 25.7 Å². The van der Waals surface area contributed by atoms with E-state index >= 15 is 0 Å². The topological polar surface area (TPSA) is 33.3 Å². The van der Waals surface area contributed by atoms with E-state index in [-0.39, 0.29) is 0 Å². The number of methoxy groups -OCH3 is 1. The minimum Gasteiger partial charge on any atom is -0.383 e. The second kappa shape index (κ2) is 10.2. The molecular formula is C11H24N2OS. The Balaban J connectivity index is 3.40. The third kappa shape index (κ3) is 9.94. The van der Waals surface area contributed by atoms with Crippen LogP contribution in [0.4, 0.5) is 0 Å². The van der Waals surface area contributed by atoms with E-state index in [4.69, 9.17) is 17.0 Å². The molecule has 0 aromatic carbocycles. The van der Waals surface area contributed by atoms with Crippen LogP contribution in [0.3, 0.4) is 0 Å². The normalized spacial score (nSPS) is 12.2. The molecule has 0 heterocycles. The summed E-state index contributed by atoms with van der Waals surface area (Å²) in [5, 5.41) is 7.10. The molecule has 0 rings (SSSR count). The van der Waals surface area contributed by atoms with Crippen LogP contribution in [0.5, 0.6) is 0 Å². The van der Waals surface area contributed by atoms with Gasteiger partial charge in [0.25, 0.3) is 0 Å². The third-order valence-corrected chi connectivity index (χ3v) is 2.47. The van der Waals surface area contributed by atoms with Crippen LogP contribution in [0, 0.1) is 0 Å². The summed E-state index contributed by atoms with van der Waals surface area (Å²) in [7, 11) is 1.69. The van der Waals surface area contributed by atoms with Gasteiger partial charge in [-0.25, -0.2) is 0 Å². The van der Waals surface area contributed by atoms with Crippen molar-refractivity contribution in [3.8, 4) is 0 Å². The first-order valence-corrected chi connectivity index (χ1v) is 6.14. The summed E-state index contributed by atoms with van der Waals surface area (Å²) in [6.45, 7) is 5.84. The van der Waals surface area contributed by atoms with E-state index in [2.05, 4.69) is 24.5 Å². The Bertz CT molecular complexity index is 165. The van der Waals surface area contributed by atoms with Crippen LogP contribution < -0.4 is 10.6 Å². The Kier molecular flexibility index (Phi) is 9.94. The lowest BCUT2D eigenvalue weighted by atomic mass is 10.1. The zero-order chi connectivity index (χ0) is 11.5. The van der Waals surface area contributed by atoms with Crippen molar-refractivity contribution in [2.24, 2.45) is 0 Å². The van der Waals surface area contributed by atoms with E-state index in [9.17, 15) is 0 Å². The predicted molar refractivity (Wildman–Crippen MR) is 69.2 cm³/mol. The van der Waals surface area contributed by atoms with Gasteiger partial charge in [-0.2, -0.15) is 0 Å². The molecule has 15 heavy (non-hydrogen) atoms. The maximum Gasteiger partial charge on any atom is 0.166 e. The SMILES string of the molecule is CCCCCC(C)NC(=S)NCCOC. The lowest BCUT2D eigenvalue weighted by molar-refractivity contribution is 0.204. The van der Waals surface area contributed by atoms with Crippen LogP contribution >= 0.6 is 12.2 Å². The maximum absolute atomic E-state index is 5.14. The minimum absolute atomic E-state index is 0.457. The monoisotopic (exact) mass is 232 g/mol. The Morgan fingerprint density at radius 1 is 1.40 bits per heavy atom. The largest absolute Gasteiger partial charge is 0.383 e. The van der Waals surface area contributed by atoms with Crippen LogP contribution in [0.1, 0.15) is 39.5 Å². The highest BCUT2D eigenvalue weighted by molar-refractivity contribution is 7.80. The molecule has 1 unspecified atom stereocenters. The van der Waals surface area contributed by atoms with E-state index < -0.39 is 0 Å². The molecular weight excluding hydrogens is 208 g/mol. The molecule has 0 amide bonds. The summed E-state index contributed by atoms with van der Waals surface area (Å²) in [4.78, 5) is 0. The Labute approximate surface area is 99.0 Å². The van der Waals surface area contributed by atoms with Gasteiger partial charge in [0, 0.05) is 19.7 Å². The third-order valence-electron chi connectivity index (χ3n) is 2.21. The second-order valence-corrected chi connectivity index (χ2v) is 4.20. The zero-order valence-corrected chi connectivity index (χ0v) is 11.0. The smallest absolute Gasteiger partial charge is 0.166 e. The Hall–Kier alpha value is -0.350. The van der Waals surface area contributed by atoms with Gasteiger partial charge in [0.2, 0.25) is 0 Å². The molecule has 3 nitrogen and oxygen atoms in total. The van der Waals surface area contributed by atoms with Crippen LogP contribution in [-0.4, -0.2) is 31.4 Å². The lowest BCUT2D eigenvalue weighted by Crippen LogP contribution is -2.41. The second-order valence-electron chi connectivity index (χ2n) is 3.79. The van der Waals surface area contributed by atoms with Gasteiger partial charge in [0.15, 0.2) is 5.11 Å². The van der Waals surface area contributed by atoms with Crippen LogP contribution in [-0.2, 0) is 4.74 Å². The molecule has 0 saturated carbocycles. The fraction of sp³-hybridized carbons (Fsp3) is 0.909. The molecule has 0 bridgehead atoms. The van der Waals surface area contributed by atoms with Gasteiger partial charge >= 0.3 is 0 Å². The fourth-order valence-electron chi connectivity index (χ4n) is 1.31. The molecule has 0 spiro atoms. The number of hydrogen-bond acceptors (Lipinski definition) is 2. The molecule has 0 aromatic heterocycles. The van der Waals surface area contributed by atoms with Gasteiger partial charge < -0.3 is 15.4 Å². The lowest BCUT2D eigenvalue weighted by Gasteiger charge is -2.16. The molecule has 2 N–H and O–H groups in total. The van der Waals surface area contributed by atoms with Crippen LogP contribution in [0.2, 0.25) is 0 Å². The van der Waals surface area contributed by atoms with Crippen molar-refractivity contribution in [3.05, 3.63) is 0 Å². The van der Waals surface area contributed by atoms with Crippen molar-refractivity contribution in [1.29, 1.82) is 0 Å². The molecule has 0 aliphatic rings. The van der Waals surface area contributed by atoms with Gasteiger partial charge in [0.1, 0.15) is 0 Å². The van der Waals surface area contributed by atoms with Crippen molar-refractivity contribution in [1.82, 2.24) is 10.6 Å². The highest BCUT2D eigenvalue weighted by atomic mass is 32.1. The number of thiocarbonyl (C=S) groups is 1. The van der Waals surface area contributed by atoms with Gasteiger partial charge in [0.05, 0.1) is 6.61 Å². The molecule has 4 heteroatoms. The zero-order valence-electron chi connectivity index (χ0n) is 10.1. The molecule has 0 aromatic rings.